The fourth-order valence-electron chi connectivity index (χ4n) is 2.39. The molecule has 0 aliphatic rings. The standard InChI is InChI=1S/C17H29N/c1-4-6-7-11-17(18-12-5-2)14-16-10-8-9-15(3)13-16/h8-10,13,17-18H,4-7,11-12,14H2,1-3H3. The molecule has 102 valence electrons. The summed E-state index contributed by atoms with van der Waals surface area (Å²) in [7, 11) is 0. The molecule has 1 atom stereocenters. The number of nitrogens with one attached hydrogen (secondary N) is 1. The lowest BCUT2D eigenvalue weighted by molar-refractivity contribution is 0.456. The Morgan fingerprint density at radius 3 is 2.61 bits per heavy atom. The van der Waals surface area contributed by atoms with Gasteiger partial charge < -0.3 is 5.32 Å². The van der Waals surface area contributed by atoms with E-state index in [1.807, 2.05) is 0 Å². The average molecular weight is 247 g/mol. The van der Waals surface area contributed by atoms with Gasteiger partial charge in [-0.15, -0.1) is 0 Å². The summed E-state index contributed by atoms with van der Waals surface area (Å²) < 4.78 is 0. The zero-order valence-electron chi connectivity index (χ0n) is 12.3. The molecule has 18 heavy (non-hydrogen) atoms. The van der Waals surface area contributed by atoms with Gasteiger partial charge in [0.05, 0.1) is 0 Å². The summed E-state index contributed by atoms with van der Waals surface area (Å²) >= 11 is 0. The highest BCUT2D eigenvalue weighted by molar-refractivity contribution is 5.22. The van der Waals surface area contributed by atoms with Crippen LogP contribution >= 0.6 is 0 Å². The highest BCUT2D eigenvalue weighted by Crippen LogP contribution is 2.11. The van der Waals surface area contributed by atoms with Crippen molar-refractivity contribution in [2.24, 2.45) is 0 Å². The minimum atomic E-state index is 0.651. The summed E-state index contributed by atoms with van der Waals surface area (Å²) in [5.41, 5.74) is 2.84. The molecule has 1 unspecified atom stereocenters. The first-order valence-electron chi connectivity index (χ1n) is 7.55. The van der Waals surface area contributed by atoms with Crippen LogP contribution < -0.4 is 5.32 Å². The quantitative estimate of drug-likeness (QED) is 0.634. The van der Waals surface area contributed by atoms with Gasteiger partial charge in [-0.25, -0.2) is 0 Å². The summed E-state index contributed by atoms with van der Waals surface area (Å²) in [6, 6.07) is 9.58. The lowest BCUT2D eigenvalue weighted by Crippen LogP contribution is -2.31. The third kappa shape index (κ3) is 6.20. The lowest BCUT2D eigenvalue weighted by atomic mass is 9.99. The van der Waals surface area contributed by atoms with Crippen LogP contribution in [0.1, 0.15) is 57.1 Å². The minimum absolute atomic E-state index is 0.651. The largest absolute Gasteiger partial charge is 0.314 e. The van der Waals surface area contributed by atoms with E-state index in [1.165, 1.54) is 49.7 Å². The predicted molar refractivity (Wildman–Crippen MR) is 81.1 cm³/mol. The first kappa shape index (κ1) is 15.2. The zero-order chi connectivity index (χ0) is 13.2. The Morgan fingerprint density at radius 2 is 1.94 bits per heavy atom. The van der Waals surface area contributed by atoms with Crippen LogP contribution in [0.5, 0.6) is 0 Å². The SMILES string of the molecule is CCCCCC(Cc1cccc(C)c1)NCCC. The van der Waals surface area contributed by atoms with Crippen molar-refractivity contribution < 1.29 is 0 Å². The molecule has 1 heteroatoms. The number of unbranched alkanes of at least 4 members (excludes halogenated alkanes) is 2. The minimum Gasteiger partial charge on any atom is -0.314 e. The van der Waals surface area contributed by atoms with E-state index in [1.54, 1.807) is 0 Å². The van der Waals surface area contributed by atoms with Crippen LogP contribution in [0.4, 0.5) is 0 Å². The maximum atomic E-state index is 3.70. The molecule has 1 rings (SSSR count). The van der Waals surface area contributed by atoms with Crippen molar-refractivity contribution in [3.8, 4) is 0 Å². The molecule has 1 aromatic rings. The van der Waals surface area contributed by atoms with Crippen LogP contribution in [0.25, 0.3) is 0 Å². The van der Waals surface area contributed by atoms with Crippen molar-refractivity contribution in [1.29, 1.82) is 0 Å². The highest BCUT2D eigenvalue weighted by Gasteiger charge is 2.08. The van der Waals surface area contributed by atoms with Crippen LogP contribution in [0.3, 0.4) is 0 Å². The Kier molecular flexibility index (Phi) is 7.75. The number of aryl methyl sites for hydroxylation is 1. The molecule has 0 aliphatic carbocycles. The van der Waals surface area contributed by atoms with Gasteiger partial charge in [-0.2, -0.15) is 0 Å². The van der Waals surface area contributed by atoms with E-state index in [0.717, 1.165) is 6.54 Å². The maximum Gasteiger partial charge on any atom is 0.0107 e. The van der Waals surface area contributed by atoms with Crippen LogP contribution in [0.15, 0.2) is 24.3 Å². The molecule has 0 aromatic heterocycles. The van der Waals surface area contributed by atoms with E-state index in [4.69, 9.17) is 0 Å². The average Bonchev–Trinajstić information content (AvgIpc) is 2.36. The summed E-state index contributed by atoms with van der Waals surface area (Å²) in [5, 5.41) is 3.70. The van der Waals surface area contributed by atoms with Gasteiger partial charge in [0, 0.05) is 6.04 Å². The monoisotopic (exact) mass is 247 g/mol. The lowest BCUT2D eigenvalue weighted by Gasteiger charge is -2.18. The maximum absolute atomic E-state index is 3.70. The Hall–Kier alpha value is -0.820. The summed E-state index contributed by atoms with van der Waals surface area (Å²) in [4.78, 5) is 0. The van der Waals surface area contributed by atoms with E-state index in [0.29, 0.717) is 6.04 Å². The molecule has 0 fully saturated rings. The fourth-order valence-corrected chi connectivity index (χ4v) is 2.39. The molecule has 0 heterocycles. The van der Waals surface area contributed by atoms with Crippen LogP contribution in [0, 0.1) is 6.92 Å². The molecule has 0 saturated heterocycles. The third-order valence-electron chi connectivity index (χ3n) is 3.40. The van der Waals surface area contributed by atoms with Crippen LogP contribution in [-0.2, 0) is 6.42 Å². The second kappa shape index (κ2) is 9.16. The highest BCUT2D eigenvalue weighted by atomic mass is 14.9. The molecule has 0 radical (unpaired) electrons. The molecule has 0 saturated carbocycles. The van der Waals surface area contributed by atoms with E-state index >= 15 is 0 Å². The number of hydrogen-bond donors (Lipinski definition) is 1. The Morgan fingerprint density at radius 1 is 1.11 bits per heavy atom. The molecular weight excluding hydrogens is 218 g/mol. The predicted octanol–water partition coefficient (Wildman–Crippen LogP) is 4.49. The first-order chi connectivity index (χ1) is 8.76. The number of hydrogen-bond acceptors (Lipinski definition) is 1. The number of rotatable bonds is 9. The molecule has 0 spiro atoms. The summed E-state index contributed by atoms with van der Waals surface area (Å²) in [6.07, 6.45) is 7.72. The molecular formula is C17H29N. The van der Waals surface area contributed by atoms with E-state index in [-0.39, 0.29) is 0 Å². The molecule has 1 nitrogen and oxygen atoms in total. The van der Waals surface area contributed by atoms with Gasteiger partial charge in [0.15, 0.2) is 0 Å². The van der Waals surface area contributed by atoms with Crippen molar-refractivity contribution in [2.75, 3.05) is 6.54 Å². The summed E-state index contributed by atoms with van der Waals surface area (Å²) in [5.74, 6) is 0. The van der Waals surface area contributed by atoms with Gasteiger partial charge in [0.25, 0.3) is 0 Å². The van der Waals surface area contributed by atoms with E-state index in [9.17, 15) is 0 Å². The van der Waals surface area contributed by atoms with E-state index < -0.39 is 0 Å². The molecule has 1 aromatic carbocycles. The zero-order valence-corrected chi connectivity index (χ0v) is 12.3. The van der Waals surface area contributed by atoms with Crippen molar-refractivity contribution in [2.45, 2.75) is 65.3 Å². The van der Waals surface area contributed by atoms with Gasteiger partial charge in [-0.05, 0) is 38.3 Å². The van der Waals surface area contributed by atoms with Crippen molar-refractivity contribution in [1.82, 2.24) is 5.32 Å². The Balaban J connectivity index is 2.48. The van der Waals surface area contributed by atoms with E-state index in [2.05, 4.69) is 50.4 Å². The van der Waals surface area contributed by atoms with Gasteiger partial charge in [0.1, 0.15) is 0 Å². The molecule has 1 N–H and O–H groups in total. The number of benzene rings is 1. The third-order valence-corrected chi connectivity index (χ3v) is 3.40. The van der Waals surface area contributed by atoms with Crippen molar-refractivity contribution in [3.05, 3.63) is 35.4 Å². The smallest absolute Gasteiger partial charge is 0.0107 e. The normalized spacial score (nSPS) is 12.6. The Labute approximate surface area is 113 Å². The molecule has 0 amide bonds. The molecule has 0 aliphatic heterocycles. The van der Waals surface area contributed by atoms with Gasteiger partial charge in [0.2, 0.25) is 0 Å². The van der Waals surface area contributed by atoms with Crippen molar-refractivity contribution >= 4 is 0 Å². The van der Waals surface area contributed by atoms with Crippen molar-refractivity contribution in [3.63, 3.8) is 0 Å². The van der Waals surface area contributed by atoms with Crippen LogP contribution in [-0.4, -0.2) is 12.6 Å². The second-order valence-electron chi connectivity index (χ2n) is 5.34. The van der Waals surface area contributed by atoms with Gasteiger partial charge >= 0.3 is 0 Å². The second-order valence-corrected chi connectivity index (χ2v) is 5.34. The fraction of sp³-hybridized carbons (Fsp3) is 0.647. The van der Waals surface area contributed by atoms with Crippen LogP contribution in [0.2, 0.25) is 0 Å². The molecule has 0 bridgehead atoms. The Bertz CT molecular complexity index is 319. The van der Waals surface area contributed by atoms with Gasteiger partial charge in [-0.3, -0.25) is 0 Å². The first-order valence-corrected chi connectivity index (χ1v) is 7.55. The topological polar surface area (TPSA) is 12.0 Å². The van der Waals surface area contributed by atoms with Gasteiger partial charge in [-0.1, -0.05) is 62.9 Å². The summed E-state index contributed by atoms with van der Waals surface area (Å²) in [6.45, 7) is 7.83.